The maximum absolute atomic E-state index is 12.0. The summed E-state index contributed by atoms with van der Waals surface area (Å²) in [5, 5.41) is 15.9. The van der Waals surface area contributed by atoms with Crippen molar-refractivity contribution in [3.05, 3.63) is 23.3 Å². The van der Waals surface area contributed by atoms with Crippen LogP contribution in [0.1, 0.15) is 38.3 Å². The van der Waals surface area contributed by atoms with Crippen LogP contribution < -0.4 is 10.6 Å². The molecule has 1 aromatic carbocycles. The molecule has 152 valence electrons. The Kier molecular flexibility index (Phi) is 8.79. The molecule has 1 aromatic rings. The van der Waals surface area contributed by atoms with Crippen molar-refractivity contribution in [3.63, 3.8) is 0 Å². The van der Waals surface area contributed by atoms with E-state index in [0.29, 0.717) is 5.69 Å². The Morgan fingerprint density at radius 2 is 1.79 bits per heavy atom. The normalized spacial score (nSPS) is 10.6. The number of thioether (sulfide) groups is 1. The number of thiocyanates is 1. The summed E-state index contributed by atoms with van der Waals surface area (Å²) in [7, 11) is 0. The molecule has 9 heteroatoms. The first-order valence-electron chi connectivity index (χ1n) is 8.61. The number of carbonyl (C=O) groups is 3. The second-order valence-corrected chi connectivity index (χ2v) is 7.87. The predicted octanol–water partition coefficient (Wildman–Crippen LogP) is 3.27. The van der Waals surface area contributed by atoms with E-state index in [1.165, 1.54) is 0 Å². The smallest absolute Gasteiger partial charge is 0.407 e. The molecule has 28 heavy (non-hydrogen) atoms. The summed E-state index contributed by atoms with van der Waals surface area (Å²) in [5.41, 5.74) is 1.61. The zero-order valence-corrected chi connectivity index (χ0v) is 17.5. The number of anilines is 1. The van der Waals surface area contributed by atoms with Gasteiger partial charge in [-0.1, -0.05) is 0 Å². The Hall–Kier alpha value is -2.73. The molecule has 0 atom stereocenters. The van der Waals surface area contributed by atoms with Gasteiger partial charge in [0, 0.05) is 17.1 Å². The van der Waals surface area contributed by atoms with E-state index in [1.54, 1.807) is 32.9 Å². The van der Waals surface area contributed by atoms with Crippen LogP contribution in [0.15, 0.2) is 17.0 Å². The van der Waals surface area contributed by atoms with E-state index in [4.69, 9.17) is 14.7 Å². The second-order valence-electron chi connectivity index (χ2n) is 7.01. The number of benzene rings is 1. The Morgan fingerprint density at radius 1 is 1.18 bits per heavy atom. The lowest BCUT2D eigenvalue weighted by atomic mass is 10.1. The quantitative estimate of drug-likeness (QED) is 0.404. The standard InChI is InChI=1S/C19H25N3O5S/c1-12-8-14(28-11-20)9-13(2)17(12)22-15(23)10-26-16(24)6-7-21-18(25)27-19(3,4)5/h8-9H,6-7,10H2,1-5H3,(H,21,25)(H,22,23). The largest absolute Gasteiger partial charge is 0.456 e. The molecule has 0 saturated carbocycles. The Morgan fingerprint density at radius 3 is 2.32 bits per heavy atom. The molecular formula is C19H25N3O5S. The predicted molar refractivity (Wildman–Crippen MR) is 106 cm³/mol. The first-order valence-corrected chi connectivity index (χ1v) is 9.43. The van der Waals surface area contributed by atoms with Gasteiger partial charge in [-0.05, 0) is 69.6 Å². The summed E-state index contributed by atoms with van der Waals surface area (Å²) in [4.78, 5) is 36.0. The third-order valence-electron chi connectivity index (χ3n) is 3.30. The molecule has 2 N–H and O–H groups in total. The van der Waals surface area contributed by atoms with Crippen molar-refractivity contribution in [2.45, 2.75) is 51.5 Å². The van der Waals surface area contributed by atoms with Crippen molar-refractivity contribution in [2.24, 2.45) is 0 Å². The molecular weight excluding hydrogens is 382 g/mol. The molecule has 0 aliphatic rings. The summed E-state index contributed by atoms with van der Waals surface area (Å²) < 4.78 is 9.96. The van der Waals surface area contributed by atoms with Crippen LogP contribution in [-0.4, -0.2) is 36.7 Å². The van der Waals surface area contributed by atoms with Crippen molar-refractivity contribution >= 4 is 35.4 Å². The molecule has 0 aliphatic carbocycles. The summed E-state index contributed by atoms with van der Waals surface area (Å²) in [6, 6.07) is 3.59. The van der Waals surface area contributed by atoms with E-state index >= 15 is 0 Å². The molecule has 2 amide bonds. The third-order valence-corrected chi connectivity index (χ3v) is 3.86. The highest BCUT2D eigenvalue weighted by atomic mass is 32.2. The molecule has 8 nitrogen and oxygen atoms in total. The number of hydrogen-bond acceptors (Lipinski definition) is 7. The maximum Gasteiger partial charge on any atom is 0.407 e. The van der Waals surface area contributed by atoms with Crippen LogP contribution in [-0.2, 0) is 19.1 Å². The van der Waals surface area contributed by atoms with Crippen molar-refractivity contribution in [1.29, 1.82) is 5.26 Å². The number of alkyl carbamates (subject to hydrolysis) is 1. The van der Waals surface area contributed by atoms with E-state index < -0.39 is 30.2 Å². The van der Waals surface area contributed by atoms with Crippen LogP contribution >= 0.6 is 11.8 Å². The minimum atomic E-state index is -0.623. The lowest BCUT2D eigenvalue weighted by molar-refractivity contribution is -0.147. The van der Waals surface area contributed by atoms with Gasteiger partial charge < -0.3 is 20.1 Å². The molecule has 0 unspecified atom stereocenters. The van der Waals surface area contributed by atoms with Crippen LogP contribution in [0.25, 0.3) is 0 Å². The van der Waals surface area contributed by atoms with Gasteiger partial charge in [0.2, 0.25) is 0 Å². The Labute approximate surface area is 169 Å². The number of esters is 1. The minimum Gasteiger partial charge on any atom is -0.456 e. The first kappa shape index (κ1) is 23.3. The van der Waals surface area contributed by atoms with Crippen molar-refractivity contribution in [2.75, 3.05) is 18.5 Å². The van der Waals surface area contributed by atoms with E-state index in [-0.39, 0.29) is 13.0 Å². The van der Waals surface area contributed by atoms with Gasteiger partial charge in [0.05, 0.1) is 6.42 Å². The minimum absolute atomic E-state index is 0.0472. The first-order chi connectivity index (χ1) is 13.0. The lowest BCUT2D eigenvalue weighted by Crippen LogP contribution is -2.34. The number of hydrogen-bond donors (Lipinski definition) is 2. The van der Waals surface area contributed by atoms with Crippen LogP contribution in [0.2, 0.25) is 0 Å². The highest BCUT2D eigenvalue weighted by Crippen LogP contribution is 2.27. The maximum atomic E-state index is 12.0. The number of nitriles is 1. The third kappa shape index (κ3) is 8.77. The van der Waals surface area contributed by atoms with E-state index in [9.17, 15) is 14.4 Å². The lowest BCUT2D eigenvalue weighted by Gasteiger charge is -2.19. The number of carbonyl (C=O) groups excluding carboxylic acids is 3. The number of nitrogens with one attached hydrogen (secondary N) is 2. The molecule has 0 spiro atoms. The summed E-state index contributed by atoms with van der Waals surface area (Å²) in [6.45, 7) is 8.46. The molecule has 0 aliphatic heterocycles. The van der Waals surface area contributed by atoms with Gasteiger partial charge in [0.25, 0.3) is 5.91 Å². The number of aryl methyl sites for hydroxylation is 2. The van der Waals surface area contributed by atoms with Gasteiger partial charge in [-0.15, -0.1) is 0 Å². The highest BCUT2D eigenvalue weighted by Gasteiger charge is 2.16. The zero-order valence-electron chi connectivity index (χ0n) is 16.7. The van der Waals surface area contributed by atoms with Gasteiger partial charge in [0.1, 0.15) is 11.0 Å². The van der Waals surface area contributed by atoms with E-state index in [0.717, 1.165) is 27.8 Å². The van der Waals surface area contributed by atoms with Crippen molar-refractivity contribution < 1.29 is 23.9 Å². The SMILES string of the molecule is Cc1cc(SC#N)cc(C)c1NC(=O)COC(=O)CCNC(=O)OC(C)(C)C. The Balaban J connectivity index is 2.42. The van der Waals surface area contributed by atoms with Crippen LogP contribution in [0.4, 0.5) is 10.5 Å². The number of rotatable bonds is 7. The average Bonchev–Trinajstić information content (AvgIpc) is 2.55. The summed E-state index contributed by atoms with van der Waals surface area (Å²) in [6.07, 6.45) is -0.702. The number of amides is 2. The molecule has 0 fully saturated rings. The molecule has 1 rings (SSSR count). The molecule has 0 heterocycles. The van der Waals surface area contributed by atoms with Crippen LogP contribution in [0.5, 0.6) is 0 Å². The van der Waals surface area contributed by atoms with Crippen molar-refractivity contribution in [1.82, 2.24) is 5.32 Å². The van der Waals surface area contributed by atoms with Gasteiger partial charge in [0.15, 0.2) is 6.61 Å². The van der Waals surface area contributed by atoms with Gasteiger partial charge in [-0.2, -0.15) is 5.26 Å². The van der Waals surface area contributed by atoms with E-state index in [1.807, 2.05) is 19.2 Å². The Bertz CT molecular complexity index is 758. The fourth-order valence-corrected chi connectivity index (χ4v) is 2.78. The molecule has 0 saturated heterocycles. The van der Waals surface area contributed by atoms with Crippen LogP contribution in [0.3, 0.4) is 0 Å². The van der Waals surface area contributed by atoms with Gasteiger partial charge in [-0.25, -0.2) is 4.79 Å². The molecule has 0 bridgehead atoms. The fraction of sp³-hybridized carbons (Fsp3) is 0.474. The number of nitrogens with zero attached hydrogens (tertiary/aromatic N) is 1. The fourth-order valence-electron chi connectivity index (χ4n) is 2.21. The zero-order chi connectivity index (χ0) is 21.3. The topological polar surface area (TPSA) is 118 Å². The van der Waals surface area contributed by atoms with Gasteiger partial charge >= 0.3 is 12.1 Å². The molecule has 0 aromatic heterocycles. The van der Waals surface area contributed by atoms with Gasteiger partial charge in [-0.3, -0.25) is 9.59 Å². The number of ether oxygens (including phenoxy) is 2. The second kappa shape index (κ2) is 10.6. The van der Waals surface area contributed by atoms with E-state index in [2.05, 4.69) is 10.6 Å². The van der Waals surface area contributed by atoms with Crippen LogP contribution in [0, 0.1) is 24.5 Å². The van der Waals surface area contributed by atoms with Crippen molar-refractivity contribution in [3.8, 4) is 5.40 Å². The average molecular weight is 407 g/mol. The summed E-state index contributed by atoms with van der Waals surface area (Å²) >= 11 is 1.04. The summed E-state index contributed by atoms with van der Waals surface area (Å²) in [5.74, 6) is -1.08. The monoisotopic (exact) mass is 407 g/mol. The molecule has 0 radical (unpaired) electrons. The highest BCUT2D eigenvalue weighted by molar-refractivity contribution is 8.03.